The number of benzene rings is 3. The highest BCUT2D eigenvalue weighted by Crippen LogP contribution is 2.36. The number of carbonyl (C=O) groups is 2. The van der Waals surface area contributed by atoms with Crippen molar-refractivity contribution in [2.24, 2.45) is 0 Å². The molecule has 5 rings (SSSR count). The van der Waals surface area contributed by atoms with Crippen molar-refractivity contribution < 1.29 is 31.5 Å². The highest BCUT2D eigenvalue weighted by Gasteiger charge is 2.31. The lowest BCUT2D eigenvalue weighted by Gasteiger charge is -2.13. The van der Waals surface area contributed by atoms with E-state index in [-0.39, 0.29) is 11.6 Å². The van der Waals surface area contributed by atoms with Crippen LogP contribution < -0.4 is 21.3 Å². The van der Waals surface area contributed by atoms with Crippen molar-refractivity contribution in [3.63, 3.8) is 0 Å². The van der Waals surface area contributed by atoms with Gasteiger partial charge in [-0.3, -0.25) is 4.79 Å². The molecule has 0 radical (unpaired) electrons. The normalized spacial score (nSPS) is 13.7. The highest BCUT2D eigenvalue weighted by atomic mass is 19.4. The Morgan fingerprint density at radius 2 is 1.51 bits per heavy atom. The molecule has 1 aromatic heterocycles. The molecule has 0 aliphatic carbocycles. The Morgan fingerprint density at radius 1 is 0.846 bits per heavy atom. The summed E-state index contributed by atoms with van der Waals surface area (Å²) >= 11 is 0. The van der Waals surface area contributed by atoms with Crippen molar-refractivity contribution in [1.29, 1.82) is 0 Å². The van der Waals surface area contributed by atoms with Crippen LogP contribution in [-0.4, -0.2) is 16.9 Å². The smallest absolute Gasteiger partial charge is 0.362 e. The number of fused-ring (bicyclic) bond motifs is 1. The molecule has 5 N–H and O–H groups in total. The van der Waals surface area contributed by atoms with Crippen molar-refractivity contribution in [1.82, 2.24) is 4.98 Å². The van der Waals surface area contributed by atoms with E-state index in [0.717, 1.165) is 11.8 Å². The molecule has 1 aliphatic rings. The fraction of sp³-hybridized carbons (Fsp3) is 0.0370. The summed E-state index contributed by atoms with van der Waals surface area (Å²) in [5, 5.41) is 9.94. The lowest BCUT2D eigenvalue weighted by molar-refractivity contribution is -0.137. The molecule has 7 nitrogen and oxygen atoms in total. The summed E-state index contributed by atoms with van der Waals surface area (Å²) in [5.74, 6) is -2.20. The molecule has 0 spiro atoms. The molecule has 39 heavy (non-hydrogen) atoms. The molecular formula is C27H18F5N5O2. The summed E-state index contributed by atoms with van der Waals surface area (Å²) in [6.45, 7) is 0. The average Bonchev–Trinajstić information content (AvgIpc) is 3.49. The first kappa shape index (κ1) is 25.5. The van der Waals surface area contributed by atoms with Gasteiger partial charge in [0, 0.05) is 28.8 Å². The van der Waals surface area contributed by atoms with Crippen LogP contribution in [0.3, 0.4) is 0 Å². The molecule has 3 aromatic carbocycles. The Labute approximate surface area is 217 Å². The zero-order valence-corrected chi connectivity index (χ0v) is 19.7. The topological polar surface area (TPSA) is 98.1 Å². The van der Waals surface area contributed by atoms with E-state index < -0.39 is 35.1 Å². The predicted octanol–water partition coefficient (Wildman–Crippen LogP) is 7.19. The molecule has 2 heterocycles. The zero-order valence-electron chi connectivity index (χ0n) is 19.7. The third-order valence-electron chi connectivity index (χ3n) is 5.77. The SMILES string of the molecule is O=C(Nc1cc(Nc2ccc3c(c2)NC(=O)/C3=C\c2ccc[nH]2)ccc1F)Nc1cc(C(F)(F)F)ccc1F. The van der Waals surface area contributed by atoms with Crippen molar-refractivity contribution in [2.75, 3.05) is 21.3 Å². The minimum Gasteiger partial charge on any atom is -0.362 e. The number of aromatic nitrogens is 1. The minimum absolute atomic E-state index is 0.270. The number of aromatic amines is 1. The number of urea groups is 1. The first-order chi connectivity index (χ1) is 18.6. The molecule has 0 bridgehead atoms. The first-order valence-electron chi connectivity index (χ1n) is 11.4. The van der Waals surface area contributed by atoms with Crippen LogP contribution in [0.15, 0.2) is 72.9 Å². The van der Waals surface area contributed by atoms with Crippen LogP contribution in [0.25, 0.3) is 11.6 Å². The predicted molar refractivity (Wildman–Crippen MR) is 137 cm³/mol. The molecule has 198 valence electrons. The summed E-state index contributed by atoms with van der Waals surface area (Å²) in [7, 11) is 0. The Kier molecular flexibility index (Phi) is 6.52. The molecule has 12 heteroatoms. The number of hydrogen-bond acceptors (Lipinski definition) is 3. The van der Waals surface area contributed by atoms with Gasteiger partial charge in [-0.1, -0.05) is 6.07 Å². The van der Waals surface area contributed by atoms with Gasteiger partial charge in [-0.05, 0) is 66.7 Å². The maximum Gasteiger partial charge on any atom is 0.416 e. The van der Waals surface area contributed by atoms with Gasteiger partial charge < -0.3 is 26.3 Å². The molecular weight excluding hydrogens is 521 g/mol. The first-order valence-corrected chi connectivity index (χ1v) is 11.4. The number of amides is 3. The van der Waals surface area contributed by atoms with E-state index in [0.29, 0.717) is 46.4 Å². The van der Waals surface area contributed by atoms with E-state index in [1.807, 2.05) is 17.4 Å². The largest absolute Gasteiger partial charge is 0.416 e. The number of carbonyl (C=O) groups excluding carboxylic acids is 2. The second-order valence-corrected chi connectivity index (χ2v) is 8.49. The number of hydrogen-bond donors (Lipinski definition) is 5. The van der Waals surface area contributed by atoms with Crippen LogP contribution in [0.4, 0.5) is 55.2 Å². The third kappa shape index (κ3) is 5.59. The summed E-state index contributed by atoms with van der Waals surface area (Å²) in [4.78, 5) is 27.8. The average molecular weight is 539 g/mol. The van der Waals surface area contributed by atoms with Gasteiger partial charge in [0.2, 0.25) is 0 Å². The Morgan fingerprint density at radius 3 is 2.21 bits per heavy atom. The highest BCUT2D eigenvalue weighted by molar-refractivity contribution is 6.35. The molecule has 0 fully saturated rings. The van der Waals surface area contributed by atoms with Gasteiger partial charge in [0.25, 0.3) is 5.91 Å². The number of halogens is 5. The summed E-state index contributed by atoms with van der Waals surface area (Å²) in [6, 6.07) is 12.9. The van der Waals surface area contributed by atoms with Crippen molar-refractivity contribution in [2.45, 2.75) is 6.18 Å². The number of alkyl halides is 3. The zero-order chi connectivity index (χ0) is 27.7. The summed E-state index contributed by atoms with van der Waals surface area (Å²) < 4.78 is 67.1. The van der Waals surface area contributed by atoms with Crippen molar-refractivity contribution in [3.05, 3.63) is 101 Å². The van der Waals surface area contributed by atoms with Crippen molar-refractivity contribution >= 4 is 52.0 Å². The van der Waals surface area contributed by atoms with Crippen LogP contribution in [0.5, 0.6) is 0 Å². The monoisotopic (exact) mass is 539 g/mol. The second-order valence-electron chi connectivity index (χ2n) is 8.49. The Balaban J connectivity index is 1.31. The van der Waals surface area contributed by atoms with E-state index in [4.69, 9.17) is 0 Å². The van der Waals surface area contributed by atoms with E-state index in [1.165, 1.54) is 12.1 Å². The number of rotatable bonds is 5. The van der Waals surface area contributed by atoms with Crippen LogP contribution >= 0.6 is 0 Å². The van der Waals surface area contributed by atoms with Crippen LogP contribution in [0.1, 0.15) is 16.8 Å². The molecule has 0 atom stereocenters. The number of H-pyrrole nitrogens is 1. The fourth-order valence-corrected chi connectivity index (χ4v) is 3.94. The molecule has 4 aromatic rings. The quantitative estimate of drug-likeness (QED) is 0.137. The van der Waals surface area contributed by atoms with Gasteiger partial charge >= 0.3 is 12.2 Å². The van der Waals surface area contributed by atoms with Gasteiger partial charge in [0.15, 0.2) is 0 Å². The van der Waals surface area contributed by atoms with Crippen molar-refractivity contribution in [3.8, 4) is 0 Å². The van der Waals surface area contributed by atoms with E-state index in [9.17, 15) is 31.5 Å². The third-order valence-corrected chi connectivity index (χ3v) is 5.77. The van der Waals surface area contributed by atoms with Crippen LogP contribution in [0, 0.1) is 11.6 Å². The maximum atomic E-state index is 14.4. The molecule has 0 unspecified atom stereocenters. The molecule has 0 saturated heterocycles. The van der Waals surface area contributed by atoms with E-state index in [2.05, 4.69) is 20.9 Å². The van der Waals surface area contributed by atoms with Gasteiger partial charge in [0.1, 0.15) is 11.6 Å². The molecule has 1 aliphatic heterocycles. The lowest BCUT2D eigenvalue weighted by Crippen LogP contribution is -2.21. The van der Waals surface area contributed by atoms with E-state index in [1.54, 1.807) is 30.5 Å². The van der Waals surface area contributed by atoms with E-state index >= 15 is 0 Å². The second kappa shape index (κ2) is 9.97. The minimum atomic E-state index is -4.74. The Bertz CT molecular complexity index is 1610. The Hall–Kier alpha value is -5.13. The van der Waals surface area contributed by atoms with Gasteiger partial charge in [-0.15, -0.1) is 0 Å². The number of nitrogens with one attached hydrogen (secondary N) is 5. The maximum absolute atomic E-state index is 14.4. The fourth-order valence-electron chi connectivity index (χ4n) is 3.94. The molecule has 3 amide bonds. The van der Waals surface area contributed by atoms with Gasteiger partial charge in [0.05, 0.1) is 28.2 Å². The summed E-state index contributed by atoms with van der Waals surface area (Å²) in [5.41, 5.74) is 1.21. The standard InChI is InChI=1S/C27H18F5N5O2/c28-20-7-3-14(27(30,31)32)10-23(20)36-26(39)37-24-13-17(5-8-21(24)29)34-16-4-6-18-19(11-15-2-1-9-33-15)25(38)35-22(18)12-16/h1-13,33-34H,(H,35,38)(H2,36,37,39)/b19-11-. The van der Waals surface area contributed by atoms with Crippen LogP contribution in [-0.2, 0) is 11.0 Å². The van der Waals surface area contributed by atoms with Gasteiger partial charge in [-0.2, -0.15) is 13.2 Å². The lowest BCUT2D eigenvalue weighted by atomic mass is 10.1. The van der Waals surface area contributed by atoms with Gasteiger partial charge in [-0.25, -0.2) is 13.6 Å². The molecule has 0 saturated carbocycles. The number of anilines is 5. The summed E-state index contributed by atoms with van der Waals surface area (Å²) in [6.07, 6.45) is -1.28. The van der Waals surface area contributed by atoms with Crippen LogP contribution in [0.2, 0.25) is 0 Å².